The van der Waals surface area contributed by atoms with Crippen molar-refractivity contribution in [3.63, 3.8) is 0 Å². The van der Waals surface area contributed by atoms with E-state index in [1.165, 1.54) is 21.3 Å². The first kappa shape index (κ1) is 14.2. The largest absolute Gasteiger partial charge is 0.466 e. The molecule has 21 heavy (non-hydrogen) atoms. The Kier molecular flexibility index (Phi) is 3.14. The summed E-state index contributed by atoms with van der Waals surface area (Å²) in [4.78, 5) is 36.3. The van der Waals surface area contributed by atoms with Crippen molar-refractivity contribution in [2.75, 3.05) is 21.3 Å². The van der Waals surface area contributed by atoms with E-state index in [9.17, 15) is 14.4 Å². The van der Waals surface area contributed by atoms with E-state index >= 15 is 0 Å². The Bertz CT molecular complexity index is 546. The van der Waals surface area contributed by atoms with Crippen LogP contribution in [0.1, 0.15) is 6.42 Å². The summed E-state index contributed by atoms with van der Waals surface area (Å²) in [7, 11) is 3.97. The average Bonchev–Trinajstić information content (AvgIpc) is 2.88. The van der Waals surface area contributed by atoms with Gasteiger partial charge in [-0.25, -0.2) is 4.79 Å². The summed E-state index contributed by atoms with van der Waals surface area (Å²) < 4.78 is 20.7. The second kappa shape index (κ2) is 4.64. The van der Waals surface area contributed by atoms with Gasteiger partial charge < -0.3 is 18.9 Å². The zero-order chi connectivity index (χ0) is 15.4. The molecule has 7 nitrogen and oxygen atoms in total. The molecule has 7 heteroatoms. The summed E-state index contributed by atoms with van der Waals surface area (Å²) in [6.07, 6.45) is 1.17. The van der Waals surface area contributed by atoms with Gasteiger partial charge in [0.1, 0.15) is 6.10 Å². The lowest BCUT2D eigenvalue weighted by Crippen LogP contribution is -2.65. The minimum Gasteiger partial charge on any atom is -0.466 e. The van der Waals surface area contributed by atoms with Gasteiger partial charge in [-0.1, -0.05) is 6.08 Å². The molecule has 0 N–H and O–H groups in total. The number of esters is 2. The van der Waals surface area contributed by atoms with Crippen molar-refractivity contribution in [1.82, 2.24) is 0 Å². The van der Waals surface area contributed by atoms with E-state index in [1.54, 1.807) is 6.08 Å². The highest BCUT2D eigenvalue weighted by Crippen LogP contribution is 2.53. The number of carbonyl (C=O) groups is 3. The molecule has 0 spiro atoms. The molecule has 1 aliphatic heterocycles. The molecule has 0 aromatic carbocycles. The fourth-order valence-electron chi connectivity index (χ4n) is 3.78. The van der Waals surface area contributed by atoms with Crippen LogP contribution in [0, 0.1) is 17.8 Å². The topological polar surface area (TPSA) is 88.1 Å². The van der Waals surface area contributed by atoms with Gasteiger partial charge in [-0.15, -0.1) is 0 Å². The number of Topliss-reactive ketones (excluding diaryl/α,β-unsaturated/α-hetero) is 1. The van der Waals surface area contributed by atoms with Crippen LogP contribution in [-0.2, 0) is 33.3 Å². The average molecular weight is 296 g/mol. The number of fused-ring (bicyclic) bond motifs is 1. The predicted molar refractivity (Wildman–Crippen MR) is 66.8 cm³/mol. The summed E-state index contributed by atoms with van der Waals surface area (Å²) in [6, 6.07) is 0. The molecule has 0 amide bonds. The molecule has 4 aliphatic rings. The Morgan fingerprint density at radius 3 is 2.52 bits per heavy atom. The maximum absolute atomic E-state index is 12.8. The first-order chi connectivity index (χ1) is 10.00. The number of rotatable bonds is 3. The third-order valence-electron chi connectivity index (χ3n) is 4.66. The molecule has 0 aromatic rings. The van der Waals surface area contributed by atoms with E-state index in [4.69, 9.17) is 18.9 Å². The Balaban J connectivity index is 2.13. The number of hydrogen-bond acceptors (Lipinski definition) is 7. The van der Waals surface area contributed by atoms with Crippen LogP contribution in [0.5, 0.6) is 0 Å². The number of carbonyl (C=O) groups excluding carboxylic acids is 3. The third-order valence-corrected chi connectivity index (χ3v) is 4.66. The molecule has 4 atom stereocenters. The Morgan fingerprint density at radius 1 is 1.29 bits per heavy atom. The number of ketones is 1. The van der Waals surface area contributed by atoms with Crippen molar-refractivity contribution in [3.05, 3.63) is 11.6 Å². The van der Waals surface area contributed by atoms with Crippen LogP contribution in [0.3, 0.4) is 0 Å². The summed E-state index contributed by atoms with van der Waals surface area (Å²) >= 11 is 0. The Hall–Kier alpha value is -1.73. The Labute approximate surface area is 121 Å². The van der Waals surface area contributed by atoms with Crippen molar-refractivity contribution < 1.29 is 33.3 Å². The molecule has 2 bridgehead atoms. The van der Waals surface area contributed by atoms with Crippen LogP contribution in [0.25, 0.3) is 0 Å². The van der Waals surface area contributed by atoms with Gasteiger partial charge in [0.25, 0.3) is 0 Å². The van der Waals surface area contributed by atoms with Crippen molar-refractivity contribution >= 4 is 17.7 Å². The smallest absolute Gasteiger partial charge is 0.334 e. The normalized spacial score (nSPS) is 36.0. The lowest BCUT2D eigenvalue weighted by atomic mass is 9.59. The third kappa shape index (κ3) is 1.64. The number of hydrogen-bond donors (Lipinski definition) is 0. The minimum atomic E-state index is -1.52. The van der Waals surface area contributed by atoms with Gasteiger partial charge in [0.15, 0.2) is 0 Å². The SMILES string of the molecule is COC(=O)C1=CC2C3OC(=O)CC3C1C(=O)C2(OC)OC. The van der Waals surface area contributed by atoms with Crippen LogP contribution < -0.4 is 0 Å². The highest BCUT2D eigenvalue weighted by atomic mass is 16.7. The van der Waals surface area contributed by atoms with Gasteiger partial charge in [-0.2, -0.15) is 0 Å². The van der Waals surface area contributed by atoms with Crippen molar-refractivity contribution in [1.29, 1.82) is 0 Å². The van der Waals surface area contributed by atoms with E-state index in [2.05, 4.69) is 0 Å². The molecular formula is C14H16O7. The van der Waals surface area contributed by atoms with Gasteiger partial charge in [-0.3, -0.25) is 9.59 Å². The van der Waals surface area contributed by atoms with Gasteiger partial charge in [-0.05, 0) is 0 Å². The molecule has 0 radical (unpaired) electrons. The quantitative estimate of drug-likeness (QED) is 0.528. The second-order valence-electron chi connectivity index (χ2n) is 5.38. The van der Waals surface area contributed by atoms with Crippen LogP contribution in [-0.4, -0.2) is 50.9 Å². The van der Waals surface area contributed by atoms with Crippen molar-refractivity contribution in [3.8, 4) is 0 Å². The van der Waals surface area contributed by atoms with Gasteiger partial charge in [0, 0.05) is 25.7 Å². The maximum atomic E-state index is 12.8. The molecule has 4 unspecified atom stereocenters. The monoisotopic (exact) mass is 296 g/mol. The van der Waals surface area contributed by atoms with E-state index in [-0.39, 0.29) is 29.7 Å². The zero-order valence-corrected chi connectivity index (χ0v) is 12.0. The van der Waals surface area contributed by atoms with E-state index < -0.39 is 29.7 Å². The standard InChI is InChI=1S/C14H16O7/c1-18-13(17)7-4-8-11-6(5-9(15)21-11)10(7)12(16)14(8,19-2)20-3/h4,6,8,10-11H,5H2,1-3H3. The summed E-state index contributed by atoms with van der Waals surface area (Å²) in [5, 5.41) is 0. The van der Waals surface area contributed by atoms with Crippen LogP contribution >= 0.6 is 0 Å². The van der Waals surface area contributed by atoms with Gasteiger partial charge in [0.2, 0.25) is 11.6 Å². The lowest BCUT2D eigenvalue weighted by Gasteiger charge is -2.50. The van der Waals surface area contributed by atoms with E-state index in [1.807, 2.05) is 0 Å². The first-order valence-corrected chi connectivity index (χ1v) is 6.64. The van der Waals surface area contributed by atoms with E-state index in [0.29, 0.717) is 0 Å². The number of ether oxygens (including phenoxy) is 4. The van der Waals surface area contributed by atoms with Crippen LogP contribution in [0.4, 0.5) is 0 Å². The van der Waals surface area contributed by atoms with Gasteiger partial charge >= 0.3 is 11.9 Å². The molecule has 114 valence electrons. The molecule has 1 heterocycles. The predicted octanol–water partition coefficient (Wildman–Crippen LogP) is -0.165. The maximum Gasteiger partial charge on any atom is 0.334 e. The van der Waals surface area contributed by atoms with Gasteiger partial charge in [0.05, 0.1) is 25.4 Å². The molecule has 4 rings (SSSR count). The minimum absolute atomic E-state index is 0.107. The molecule has 3 aliphatic carbocycles. The second-order valence-corrected chi connectivity index (χ2v) is 5.38. The summed E-state index contributed by atoms with van der Waals surface area (Å²) in [5.41, 5.74) is 0.261. The zero-order valence-electron chi connectivity index (χ0n) is 12.0. The van der Waals surface area contributed by atoms with Crippen LogP contribution in [0.2, 0.25) is 0 Å². The molecule has 1 saturated carbocycles. The molecule has 2 fully saturated rings. The highest BCUT2D eigenvalue weighted by Gasteiger charge is 2.67. The van der Waals surface area contributed by atoms with Crippen molar-refractivity contribution in [2.24, 2.45) is 17.8 Å². The Morgan fingerprint density at radius 2 is 1.95 bits per heavy atom. The molecular weight excluding hydrogens is 280 g/mol. The van der Waals surface area contributed by atoms with Crippen molar-refractivity contribution in [2.45, 2.75) is 18.3 Å². The number of methoxy groups -OCH3 is 3. The van der Waals surface area contributed by atoms with E-state index in [0.717, 1.165) is 0 Å². The first-order valence-electron chi connectivity index (χ1n) is 6.64. The fourth-order valence-corrected chi connectivity index (χ4v) is 3.78. The van der Waals surface area contributed by atoms with Crippen LogP contribution in [0.15, 0.2) is 11.6 Å². The summed E-state index contributed by atoms with van der Waals surface area (Å²) in [5.74, 6) is -4.66. The molecule has 1 saturated heterocycles. The lowest BCUT2D eigenvalue weighted by molar-refractivity contribution is -0.254. The fraction of sp³-hybridized carbons (Fsp3) is 0.643. The molecule has 0 aromatic heterocycles. The summed E-state index contributed by atoms with van der Waals surface area (Å²) in [6.45, 7) is 0. The highest BCUT2D eigenvalue weighted by molar-refractivity contribution is 6.04.